The van der Waals surface area contributed by atoms with E-state index in [1.54, 1.807) is 0 Å². The highest BCUT2D eigenvalue weighted by Gasteiger charge is 2.26. The summed E-state index contributed by atoms with van der Waals surface area (Å²) in [6, 6.07) is 10.2. The molecule has 0 bridgehead atoms. The lowest BCUT2D eigenvalue weighted by molar-refractivity contribution is 0.199. The van der Waals surface area contributed by atoms with Crippen molar-refractivity contribution in [2.45, 2.75) is 199 Å². The second-order valence-corrected chi connectivity index (χ2v) is 19.8. The number of hydrogen-bond donors (Lipinski definition) is 3. The summed E-state index contributed by atoms with van der Waals surface area (Å²) >= 11 is 0. The van der Waals surface area contributed by atoms with Gasteiger partial charge in [-0.2, -0.15) is 0 Å². The molecule has 3 nitrogen and oxygen atoms in total. The average Bonchev–Trinajstić information content (AvgIpc) is 2.78. The molecule has 0 aliphatic heterocycles. The molecule has 1 fully saturated rings. The molecule has 1 aromatic rings. The van der Waals surface area contributed by atoms with E-state index in [4.69, 9.17) is 0 Å². The van der Waals surface area contributed by atoms with E-state index in [9.17, 15) is 0 Å². The highest BCUT2D eigenvalue weighted by atomic mass is 15.0. The lowest BCUT2D eigenvalue weighted by Crippen LogP contribution is -2.45. The zero-order valence-electron chi connectivity index (χ0n) is 33.1. The summed E-state index contributed by atoms with van der Waals surface area (Å²) < 4.78 is 0. The quantitative estimate of drug-likeness (QED) is 0.242. The van der Waals surface area contributed by atoms with Crippen molar-refractivity contribution in [1.29, 1.82) is 0 Å². The third-order valence-electron chi connectivity index (χ3n) is 7.50. The highest BCUT2D eigenvalue weighted by Crippen LogP contribution is 2.34. The Kier molecular flexibility index (Phi) is 18.5. The van der Waals surface area contributed by atoms with Crippen LogP contribution in [0.1, 0.15) is 175 Å². The molecule has 0 atom stereocenters. The average molecular weight is 616 g/mol. The van der Waals surface area contributed by atoms with E-state index in [1.807, 2.05) is 0 Å². The van der Waals surface area contributed by atoms with Gasteiger partial charge in [-0.05, 0) is 139 Å². The zero-order chi connectivity index (χ0) is 34.4. The molecular formula is C41H81N3. The third-order valence-corrected chi connectivity index (χ3v) is 7.50. The SMILES string of the molecule is CC(C)(C)CC1CCC(NC(C)(C)C)CC1.CC(C)(C)Cc1ccc(NC(C)(C)C)cc1.CC(C)NCCCCC(C)(C)C. The van der Waals surface area contributed by atoms with Gasteiger partial charge in [-0.1, -0.05) is 94.7 Å². The summed E-state index contributed by atoms with van der Waals surface area (Å²) in [7, 11) is 0. The van der Waals surface area contributed by atoms with Gasteiger partial charge in [0.05, 0.1) is 0 Å². The molecule has 0 aromatic heterocycles. The molecule has 0 amide bonds. The van der Waals surface area contributed by atoms with Crippen LogP contribution < -0.4 is 16.0 Å². The molecule has 0 spiro atoms. The van der Waals surface area contributed by atoms with Crippen molar-refractivity contribution in [2.75, 3.05) is 11.9 Å². The van der Waals surface area contributed by atoms with Gasteiger partial charge in [-0.25, -0.2) is 0 Å². The Bertz CT molecular complexity index is 781. The molecule has 3 heteroatoms. The smallest absolute Gasteiger partial charge is 0.0344 e. The predicted molar refractivity (Wildman–Crippen MR) is 202 cm³/mol. The molecule has 1 aliphatic carbocycles. The van der Waals surface area contributed by atoms with E-state index in [2.05, 4.69) is 158 Å². The molecular weight excluding hydrogens is 534 g/mol. The molecule has 0 unspecified atom stereocenters. The topological polar surface area (TPSA) is 36.1 Å². The Morgan fingerprint density at radius 1 is 0.636 bits per heavy atom. The maximum absolute atomic E-state index is 3.74. The van der Waals surface area contributed by atoms with E-state index < -0.39 is 0 Å². The van der Waals surface area contributed by atoms with Gasteiger partial charge in [-0.15, -0.1) is 0 Å². The third kappa shape index (κ3) is 28.4. The van der Waals surface area contributed by atoms with Crippen LogP contribution >= 0.6 is 0 Å². The van der Waals surface area contributed by atoms with Crippen LogP contribution in [0.25, 0.3) is 0 Å². The van der Waals surface area contributed by atoms with Gasteiger partial charge in [0.2, 0.25) is 0 Å². The van der Waals surface area contributed by atoms with E-state index in [-0.39, 0.29) is 11.1 Å². The first kappa shape index (κ1) is 42.9. The normalized spacial score (nSPS) is 18.2. The van der Waals surface area contributed by atoms with Crippen molar-refractivity contribution < 1.29 is 0 Å². The molecule has 1 aliphatic rings. The molecule has 3 N–H and O–H groups in total. The number of rotatable bonds is 9. The van der Waals surface area contributed by atoms with Gasteiger partial charge in [-0.3, -0.25) is 0 Å². The molecule has 2 rings (SSSR count). The van der Waals surface area contributed by atoms with E-state index >= 15 is 0 Å². The van der Waals surface area contributed by atoms with Crippen molar-refractivity contribution in [3.05, 3.63) is 29.8 Å². The van der Waals surface area contributed by atoms with Crippen molar-refractivity contribution in [3.63, 3.8) is 0 Å². The Morgan fingerprint density at radius 2 is 1.16 bits per heavy atom. The van der Waals surface area contributed by atoms with Gasteiger partial charge in [0.1, 0.15) is 0 Å². The molecule has 1 aromatic carbocycles. The van der Waals surface area contributed by atoms with Gasteiger partial charge in [0.25, 0.3) is 0 Å². The second kappa shape index (κ2) is 18.9. The minimum absolute atomic E-state index is 0.130. The minimum atomic E-state index is 0.130. The Labute approximate surface area is 278 Å². The van der Waals surface area contributed by atoms with Gasteiger partial charge < -0.3 is 16.0 Å². The zero-order valence-corrected chi connectivity index (χ0v) is 33.1. The molecule has 0 radical (unpaired) electrons. The first-order valence-electron chi connectivity index (χ1n) is 18.1. The maximum atomic E-state index is 3.74. The van der Waals surface area contributed by atoms with Crippen LogP contribution in [0.3, 0.4) is 0 Å². The monoisotopic (exact) mass is 616 g/mol. The van der Waals surface area contributed by atoms with Gasteiger partial charge >= 0.3 is 0 Å². The molecule has 0 saturated heterocycles. The molecule has 1 saturated carbocycles. The molecule has 44 heavy (non-hydrogen) atoms. The van der Waals surface area contributed by atoms with Crippen LogP contribution in [0.2, 0.25) is 0 Å². The fraction of sp³-hybridized carbons (Fsp3) is 0.854. The Morgan fingerprint density at radius 3 is 1.55 bits per heavy atom. The number of nitrogens with one attached hydrogen (secondary N) is 3. The summed E-state index contributed by atoms with van der Waals surface area (Å²) in [5, 5.41) is 10.6. The number of unbranched alkanes of at least 4 members (excludes halogenated alkanes) is 1. The van der Waals surface area contributed by atoms with Crippen molar-refractivity contribution in [1.82, 2.24) is 10.6 Å². The summed E-state index contributed by atoms with van der Waals surface area (Å²) in [6.07, 6.45) is 12.1. The van der Waals surface area contributed by atoms with E-state index in [0.717, 1.165) is 18.4 Å². The van der Waals surface area contributed by atoms with Crippen LogP contribution in [0.4, 0.5) is 5.69 Å². The summed E-state index contributed by atoms with van der Waals surface area (Å²) in [6.45, 7) is 39.8. The number of hydrogen-bond acceptors (Lipinski definition) is 3. The summed E-state index contributed by atoms with van der Waals surface area (Å²) in [4.78, 5) is 0. The summed E-state index contributed by atoms with van der Waals surface area (Å²) in [5.41, 5.74) is 4.40. The van der Waals surface area contributed by atoms with Crippen LogP contribution in [0, 0.1) is 22.2 Å². The number of benzene rings is 1. The predicted octanol–water partition coefficient (Wildman–Crippen LogP) is 12.1. The van der Waals surface area contributed by atoms with Crippen molar-refractivity contribution in [2.24, 2.45) is 22.2 Å². The van der Waals surface area contributed by atoms with Crippen LogP contribution in [0.15, 0.2) is 24.3 Å². The maximum Gasteiger partial charge on any atom is 0.0344 e. The standard InChI is InChI=1S/C15H31N.C15H25N.C11H25N/c2*1-14(2,3)11-12-7-9-13(10-8-12)16-15(4,5)6;1-10(2)12-9-7-6-8-11(3,4)5/h12-13,16H,7-11H2,1-6H3;7-10,16H,11H2,1-6H3;10,12H,6-9H2,1-5H3. The molecule has 260 valence electrons. The number of anilines is 1. The minimum Gasteiger partial charge on any atom is -0.380 e. The van der Waals surface area contributed by atoms with E-state index in [1.165, 1.54) is 69.2 Å². The Hall–Kier alpha value is -1.06. The van der Waals surface area contributed by atoms with Crippen LogP contribution in [0.5, 0.6) is 0 Å². The lowest BCUT2D eigenvalue weighted by Gasteiger charge is -2.36. The fourth-order valence-electron chi connectivity index (χ4n) is 5.91. The lowest BCUT2D eigenvalue weighted by atomic mass is 9.76. The first-order chi connectivity index (χ1) is 19.7. The summed E-state index contributed by atoms with van der Waals surface area (Å²) in [5.74, 6) is 0.970. The fourth-order valence-corrected chi connectivity index (χ4v) is 5.91. The van der Waals surface area contributed by atoms with Crippen molar-refractivity contribution >= 4 is 5.69 Å². The van der Waals surface area contributed by atoms with Crippen molar-refractivity contribution in [3.8, 4) is 0 Å². The highest BCUT2D eigenvalue weighted by molar-refractivity contribution is 5.46. The second-order valence-electron chi connectivity index (χ2n) is 19.8. The van der Waals surface area contributed by atoms with E-state index in [0.29, 0.717) is 22.3 Å². The van der Waals surface area contributed by atoms with Crippen LogP contribution in [-0.2, 0) is 6.42 Å². The van der Waals surface area contributed by atoms with Crippen LogP contribution in [-0.4, -0.2) is 29.7 Å². The van der Waals surface area contributed by atoms with Gasteiger partial charge in [0, 0.05) is 28.8 Å². The van der Waals surface area contributed by atoms with Gasteiger partial charge in [0.15, 0.2) is 0 Å². The molecule has 0 heterocycles. The largest absolute Gasteiger partial charge is 0.380 e. The Balaban J connectivity index is 0.000000639. The first-order valence-corrected chi connectivity index (χ1v) is 18.1.